The lowest BCUT2D eigenvalue weighted by molar-refractivity contribution is 0.0921. The Kier molecular flexibility index (Phi) is 7.32. The predicted molar refractivity (Wildman–Crippen MR) is 141 cm³/mol. The second kappa shape index (κ2) is 10.8. The lowest BCUT2D eigenvalue weighted by Crippen LogP contribution is -2.46. The molecule has 0 spiro atoms. The zero-order valence-corrected chi connectivity index (χ0v) is 21.1. The summed E-state index contributed by atoms with van der Waals surface area (Å²) < 4.78 is 1.91. The lowest BCUT2D eigenvalue weighted by Gasteiger charge is -2.28. The van der Waals surface area contributed by atoms with Crippen molar-refractivity contribution in [2.24, 2.45) is 0 Å². The molecule has 186 valence electrons. The number of hydrogen-bond donors (Lipinski definition) is 2. The van der Waals surface area contributed by atoms with Crippen LogP contribution in [0.5, 0.6) is 0 Å². The van der Waals surface area contributed by atoms with Gasteiger partial charge in [-0.25, -0.2) is 9.67 Å². The summed E-state index contributed by atoms with van der Waals surface area (Å²) in [5.74, 6) is 0.888. The minimum absolute atomic E-state index is 0.0986. The highest BCUT2D eigenvalue weighted by Gasteiger charge is 2.25. The average molecular weight is 475 g/mol. The van der Waals surface area contributed by atoms with Crippen LogP contribution < -0.4 is 15.5 Å². The van der Waals surface area contributed by atoms with Gasteiger partial charge < -0.3 is 15.5 Å². The van der Waals surface area contributed by atoms with Crippen molar-refractivity contribution in [2.45, 2.75) is 77.4 Å². The van der Waals surface area contributed by atoms with Crippen molar-refractivity contribution in [1.82, 2.24) is 25.4 Å². The van der Waals surface area contributed by atoms with Gasteiger partial charge in [-0.3, -0.25) is 4.79 Å². The summed E-state index contributed by atoms with van der Waals surface area (Å²) in [5, 5.41) is 12.3. The molecule has 2 saturated heterocycles. The Morgan fingerprint density at radius 3 is 2.51 bits per heavy atom. The first-order chi connectivity index (χ1) is 17.1. The molecule has 2 fully saturated rings. The zero-order chi connectivity index (χ0) is 24.2. The SMILES string of the molecule is CCc1ccc(Cn2nc(C(=O)NC3CCNC(C)C3)c3ccc(N4CCCCCC4)nc32)cc1. The monoisotopic (exact) mass is 474 g/mol. The molecule has 2 N–H and O–H groups in total. The number of pyridine rings is 1. The largest absolute Gasteiger partial charge is 0.357 e. The van der Waals surface area contributed by atoms with Gasteiger partial charge in [-0.1, -0.05) is 44.0 Å². The molecule has 1 aromatic carbocycles. The third-order valence-corrected chi connectivity index (χ3v) is 7.45. The van der Waals surface area contributed by atoms with Gasteiger partial charge >= 0.3 is 0 Å². The molecule has 35 heavy (non-hydrogen) atoms. The fourth-order valence-electron chi connectivity index (χ4n) is 5.37. The molecular weight excluding hydrogens is 436 g/mol. The summed E-state index contributed by atoms with van der Waals surface area (Å²) in [6.45, 7) is 7.92. The first-order valence-corrected chi connectivity index (χ1v) is 13.4. The second-order valence-electron chi connectivity index (χ2n) is 10.2. The Morgan fingerprint density at radius 1 is 1.06 bits per heavy atom. The van der Waals surface area contributed by atoms with Crippen molar-refractivity contribution in [2.75, 3.05) is 24.5 Å². The number of amides is 1. The highest BCUT2D eigenvalue weighted by Crippen LogP contribution is 2.25. The topological polar surface area (TPSA) is 75.1 Å². The van der Waals surface area contributed by atoms with E-state index < -0.39 is 0 Å². The zero-order valence-electron chi connectivity index (χ0n) is 21.1. The number of aromatic nitrogens is 3. The number of benzene rings is 1. The van der Waals surface area contributed by atoms with Crippen LogP contribution in [0.1, 0.15) is 74.0 Å². The highest BCUT2D eigenvalue weighted by atomic mass is 16.2. The summed E-state index contributed by atoms with van der Waals surface area (Å²) in [4.78, 5) is 20.8. The van der Waals surface area contributed by atoms with Gasteiger partial charge in [0, 0.05) is 25.2 Å². The van der Waals surface area contributed by atoms with Crippen molar-refractivity contribution in [3.05, 3.63) is 53.2 Å². The average Bonchev–Trinajstić information content (AvgIpc) is 3.03. The fourth-order valence-corrected chi connectivity index (χ4v) is 5.37. The molecule has 2 aromatic heterocycles. The van der Waals surface area contributed by atoms with Crippen LogP contribution in [0, 0.1) is 0 Å². The van der Waals surface area contributed by atoms with Gasteiger partial charge in [0.15, 0.2) is 11.3 Å². The molecule has 2 aliphatic rings. The van der Waals surface area contributed by atoms with Crippen LogP contribution in [-0.4, -0.2) is 52.4 Å². The van der Waals surface area contributed by atoms with Gasteiger partial charge in [-0.2, -0.15) is 5.10 Å². The number of nitrogens with one attached hydrogen (secondary N) is 2. The first kappa shape index (κ1) is 23.8. The molecule has 4 heterocycles. The fraction of sp³-hybridized carbons (Fsp3) is 0.536. The van der Waals surface area contributed by atoms with E-state index in [1.165, 1.54) is 31.2 Å². The third-order valence-electron chi connectivity index (χ3n) is 7.45. The number of anilines is 1. The Hall–Kier alpha value is -2.93. The number of rotatable bonds is 6. The van der Waals surface area contributed by atoms with Crippen molar-refractivity contribution in [1.29, 1.82) is 0 Å². The van der Waals surface area contributed by atoms with E-state index in [1.807, 2.05) is 10.7 Å². The van der Waals surface area contributed by atoms with Crippen LogP contribution in [0.25, 0.3) is 11.0 Å². The molecule has 0 saturated carbocycles. The van der Waals surface area contributed by atoms with Crippen LogP contribution in [0.3, 0.4) is 0 Å². The van der Waals surface area contributed by atoms with Crippen molar-refractivity contribution >= 4 is 22.8 Å². The number of carbonyl (C=O) groups is 1. The van der Waals surface area contributed by atoms with Crippen LogP contribution in [0.4, 0.5) is 5.82 Å². The van der Waals surface area contributed by atoms with E-state index in [9.17, 15) is 4.79 Å². The Morgan fingerprint density at radius 2 is 1.80 bits per heavy atom. The van der Waals surface area contributed by atoms with E-state index in [4.69, 9.17) is 10.1 Å². The maximum absolute atomic E-state index is 13.4. The maximum atomic E-state index is 13.4. The summed E-state index contributed by atoms with van der Waals surface area (Å²) in [6.07, 6.45) is 7.86. The van der Waals surface area contributed by atoms with Crippen LogP contribution in [0.15, 0.2) is 36.4 Å². The number of fused-ring (bicyclic) bond motifs is 1. The van der Waals surface area contributed by atoms with E-state index in [0.717, 1.165) is 61.3 Å². The molecule has 2 atom stereocenters. The van der Waals surface area contributed by atoms with Crippen molar-refractivity contribution < 1.29 is 4.79 Å². The number of piperidine rings is 1. The summed E-state index contributed by atoms with van der Waals surface area (Å²) >= 11 is 0. The molecule has 1 amide bonds. The van der Waals surface area contributed by atoms with E-state index in [-0.39, 0.29) is 11.9 Å². The molecule has 5 rings (SSSR count). The molecule has 7 heteroatoms. The van der Waals surface area contributed by atoms with E-state index >= 15 is 0 Å². The number of carbonyl (C=O) groups excluding carboxylic acids is 1. The molecule has 0 bridgehead atoms. The van der Waals surface area contributed by atoms with Gasteiger partial charge in [-0.05, 0) is 68.8 Å². The quantitative estimate of drug-likeness (QED) is 0.557. The smallest absolute Gasteiger partial charge is 0.272 e. The van der Waals surface area contributed by atoms with E-state index in [2.05, 4.69) is 59.7 Å². The standard InChI is InChI=1S/C28H38N6O/c1-3-21-8-10-22(11-9-21)19-34-27-24(12-13-25(31-27)33-16-6-4-5-7-17-33)26(32-34)28(35)30-23-14-15-29-20(2)18-23/h8-13,20,23,29H,3-7,14-19H2,1-2H3,(H,30,35). The number of nitrogens with zero attached hydrogens (tertiary/aromatic N) is 4. The van der Waals surface area contributed by atoms with Gasteiger partial charge in [0.05, 0.1) is 11.9 Å². The minimum atomic E-state index is -0.0986. The Bertz CT molecular complexity index is 1150. The molecule has 2 unspecified atom stereocenters. The lowest BCUT2D eigenvalue weighted by atomic mass is 10.0. The maximum Gasteiger partial charge on any atom is 0.272 e. The summed E-state index contributed by atoms with van der Waals surface area (Å²) in [7, 11) is 0. The Balaban J connectivity index is 1.47. The molecule has 0 aliphatic carbocycles. The normalized spacial score (nSPS) is 21.1. The predicted octanol–water partition coefficient (Wildman–Crippen LogP) is 4.29. The van der Waals surface area contributed by atoms with Crippen LogP contribution in [0.2, 0.25) is 0 Å². The number of aryl methyl sites for hydroxylation is 1. The van der Waals surface area contributed by atoms with Gasteiger partial charge in [-0.15, -0.1) is 0 Å². The van der Waals surface area contributed by atoms with Crippen molar-refractivity contribution in [3.8, 4) is 0 Å². The van der Waals surface area contributed by atoms with Gasteiger partial charge in [0.2, 0.25) is 0 Å². The van der Waals surface area contributed by atoms with Gasteiger partial charge in [0.1, 0.15) is 5.82 Å². The first-order valence-electron chi connectivity index (χ1n) is 13.4. The van der Waals surface area contributed by atoms with Crippen LogP contribution >= 0.6 is 0 Å². The van der Waals surface area contributed by atoms with Crippen LogP contribution in [-0.2, 0) is 13.0 Å². The molecule has 3 aromatic rings. The molecule has 0 radical (unpaired) electrons. The summed E-state index contributed by atoms with van der Waals surface area (Å²) in [6, 6.07) is 13.3. The third kappa shape index (κ3) is 5.50. The highest BCUT2D eigenvalue weighted by molar-refractivity contribution is 6.04. The molecular formula is C28H38N6O. The molecule has 2 aliphatic heterocycles. The van der Waals surface area contributed by atoms with E-state index in [0.29, 0.717) is 18.3 Å². The second-order valence-corrected chi connectivity index (χ2v) is 10.2. The Labute approximate surface area is 208 Å². The summed E-state index contributed by atoms with van der Waals surface area (Å²) in [5.41, 5.74) is 3.74. The van der Waals surface area contributed by atoms with Gasteiger partial charge in [0.25, 0.3) is 5.91 Å². The van der Waals surface area contributed by atoms with Crippen molar-refractivity contribution in [3.63, 3.8) is 0 Å². The molecule has 7 nitrogen and oxygen atoms in total. The minimum Gasteiger partial charge on any atom is -0.357 e. The van der Waals surface area contributed by atoms with E-state index in [1.54, 1.807) is 0 Å². The number of hydrogen-bond acceptors (Lipinski definition) is 5.